The fraction of sp³-hybridized carbons (Fsp3) is 0.500. The molecule has 0 unspecified atom stereocenters. The minimum atomic E-state index is 0.115. The molecule has 0 fully saturated rings. The molecule has 0 radical (unpaired) electrons. The quantitative estimate of drug-likeness (QED) is 0.867. The lowest BCUT2D eigenvalue weighted by Crippen LogP contribution is -2.24. The smallest absolute Gasteiger partial charge is 0.161 e. The average molecular weight is 283 g/mol. The molecular weight excluding hydrogens is 264 g/mol. The first-order chi connectivity index (χ1) is 8.58. The largest absolute Gasteiger partial charge is 0.334 e. The second-order valence-corrected chi connectivity index (χ2v) is 6.12. The van der Waals surface area contributed by atoms with Crippen LogP contribution >= 0.6 is 23.4 Å². The summed E-state index contributed by atoms with van der Waals surface area (Å²) in [6, 6.07) is 6.04. The second kappa shape index (κ2) is 5.54. The molecule has 0 saturated heterocycles. The number of nitrogens with one attached hydrogen (secondary N) is 1. The van der Waals surface area contributed by atoms with Crippen molar-refractivity contribution in [2.24, 2.45) is 4.99 Å². The summed E-state index contributed by atoms with van der Waals surface area (Å²) in [5.41, 5.74) is 2.23. The molecule has 4 heteroatoms. The lowest BCUT2D eigenvalue weighted by atomic mass is 9.97. The van der Waals surface area contributed by atoms with Gasteiger partial charge in [0, 0.05) is 5.75 Å². The van der Waals surface area contributed by atoms with Crippen LogP contribution in [0.2, 0.25) is 5.02 Å². The van der Waals surface area contributed by atoms with E-state index in [4.69, 9.17) is 16.6 Å². The number of aliphatic imine (C=N–C) groups is 1. The van der Waals surface area contributed by atoms with Gasteiger partial charge in [-0.25, -0.2) is 0 Å². The zero-order valence-electron chi connectivity index (χ0n) is 11.1. The maximum atomic E-state index is 6.22. The SMILES string of the molecule is CCC1(CC)CSC(Nc2ccc(C)cc2Cl)=N1. The molecule has 0 amide bonds. The number of hydrogen-bond acceptors (Lipinski definition) is 3. The molecule has 1 aliphatic rings. The molecule has 2 rings (SSSR count). The topological polar surface area (TPSA) is 24.4 Å². The van der Waals surface area contributed by atoms with Gasteiger partial charge in [0.2, 0.25) is 0 Å². The minimum Gasteiger partial charge on any atom is -0.334 e. The summed E-state index contributed by atoms with van der Waals surface area (Å²) in [5, 5.41) is 5.08. The molecule has 0 aromatic heterocycles. The van der Waals surface area contributed by atoms with E-state index in [0.29, 0.717) is 0 Å². The molecule has 1 aromatic rings. The Labute approximate surface area is 118 Å². The number of nitrogens with zero attached hydrogens (tertiary/aromatic N) is 1. The Morgan fingerprint density at radius 1 is 1.39 bits per heavy atom. The van der Waals surface area contributed by atoms with Gasteiger partial charge in [0.15, 0.2) is 5.17 Å². The van der Waals surface area contributed by atoms with Crippen LogP contribution < -0.4 is 5.32 Å². The Hall–Kier alpha value is -0.670. The third kappa shape index (κ3) is 2.83. The van der Waals surface area contributed by atoms with Crippen molar-refractivity contribution in [1.82, 2.24) is 0 Å². The van der Waals surface area contributed by atoms with Crippen LogP contribution in [0.1, 0.15) is 32.3 Å². The van der Waals surface area contributed by atoms with E-state index >= 15 is 0 Å². The predicted octanol–water partition coefficient (Wildman–Crippen LogP) is 4.72. The number of anilines is 1. The summed E-state index contributed by atoms with van der Waals surface area (Å²) in [7, 11) is 0. The van der Waals surface area contributed by atoms with Gasteiger partial charge in [-0.2, -0.15) is 0 Å². The molecule has 0 saturated carbocycles. The third-order valence-electron chi connectivity index (χ3n) is 3.50. The van der Waals surface area contributed by atoms with Gasteiger partial charge in [-0.15, -0.1) is 0 Å². The van der Waals surface area contributed by atoms with Crippen molar-refractivity contribution < 1.29 is 0 Å². The number of amidine groups is 1. The first-order valence-electron chi connectivity index (χ1n) is 6.34. The van der Waals surface area contributed by atoms with E-state index in [1.807, 2.05) is 19.1 Å². The van der Waals surface area contributed by atoms with Gasteiger partial charge in [-0.3, -0.25) is 4.99 Å². The molecule has 1 aliphatic heterocycles. The fourth-order valence-corrected chi connectivity index (χ4v) is 3.60. The first kappa shape index (κ1) is 13.8. The Kier molecular flexibility index (Phi) is 4.23. The summed E-state index contributed by atoms with van der Waals surface area (Å²) in [5.74, 6) is 1.06. The number of benzene rings is 1. The summed E-state index contributed by atoms with van der Waals surface area (Å²) in [6.07, 6.45) is 2.17. The molecule has 1 aromatic carbocycles. The Balaban J connectivity index is 2.15. The van der Waals surface area contributed by atoms with E-state index in [9.17, 15) is 0 Å². The summed E-state index contributed by atoms with van der Waals surface area (Å²) >= 11 is 8.01. The molecule has 1 heterocycles. The van der Waals surface area contributed by atoms with Crippen LogP contribution in [0.15, 0.2) is 23.2 Å². The van der Waals surface area contributed by atoms with Gasteiger partial charge in [-0.05, 0) is 37.5 Å². The Bertz CT molecular complexity index is 467. The number of thioether (sulfide) groups is 1. The molecule has 1 N–H and O–H groups in total. The van der Waals surface area contributed by atoms with Crippen LogP contribution in [-0.2, 0) is 0 Å². The van der Waals surface area contributed by atoms with E-state index in [2.05, 4.69) is 25.2 Å². The molecule has 2 nitrogen and oxygen atoms in total. The van der Waals surface area contributed by atoms with Gasteiger partial charge in [0.1, 0.15) is 0 Å². The zero-order chi connectivity index (χ0) is 13.2. The van der Waals surface area contributed by atoms with Crippen LogP contribution in [-0.4, -0.2) is 16.5 Å². The molecule has 18 heavy (non-hydrogen) atoms. The van der Waals surface area contributed by atoms with Crippen molar-refractivity contribution >= 4 is 34.2 Å². The van der Waals surface area contributed by atoms with E-state index in [1.165, 1.54) is 5.56 Å². The minimum absolute atomic E-state index is 0.115. The van der Waals surface area contributed by atoms with Gasteiger partial charge < -0.3 is 5.32 Å². The third-order valence-corrected chi connectivity index (χ3v) is 4.96. The second-order valence-electron chi connectivity index (χ2n) is 4.75. The monoisotopic (exact) mass is 282 g/mol. The van der Waals surface area contributed by atoms with Gasteiger partial charge >= 0.3 is 0 Å². The number of rotatable bonds is 3. The highest BCUT2D eigenvalue weighted by atomic mass is 35.5. The summed E-state index contributed by atoms with van der Waals surface area (Å²) in [4.78, 5) is 4.83. The molecular formula is C14H19ClN2S. The van der Waals surface area contributed by atoms with Crippen molar-refractivity contribution in [2.45, 2.75) is 39.2 Å². The van der Waals surface area contributed by atoms with Crippen molar-refractivity contribution in [3.8, 4) is 0 Å². The number of aryl methyl sites for hydroxylation is 1. The van der Waals surface area contributed by atoms with Gasteiger partial charge in [0.05, 0.1) is 16.2 Å². The van der Waals surface area contributed by atoms with Crippen molar-refractivity contribution in [1.29, 1.82) is 0 Å². The molecule has 0 spiro atoms. The van der Waals surface area contributed by atoms with Crippen LogP contribution in [0.25, 0.3) is 0 Å². The summed E-state index contributed by atoms with van der Waals surface area (Å²) in [6.45, 7) is 6.45. The van der Waals surface area contributed by atoms with E-state index in [-0.39, 0.29) is 5.54 Å². The maximum Gasteiger partial charge on any atom is 0.161 e. The Morgan fingerprint density at radius 2 is 2.11 bits per heavy atom. The average Bonchev–Trinajstić information content (AvgIpc) is 2.77. The summed E-state index contributed by atoms with van der Waals surface area (Å²) < 4.78 is 0. The fourth-order valence-electron chi connectivity index (χ4n) is 2.00. The molecule has 0 aliphatic carbocycles. The van der Waals surface area contributed by atoms with Crippen LogP contribution in [0.3, 0.4) is 0 Å². The van der Waals surface area contributed by atoms with Gasteiger partial charge in [-0.1, -0.05) is 43.3 Å². The highest BCUT2D eigenvalue weighted by molar-refractivity contribution is 8.14. The van der Waals surface area contributed by atoms with Crippen LogP contribution in [0.5, 0.6) is 0 Å². The standard InChI is InChI=1S/C14H19ClN2S/c1-4-14(5-2)9-18-13(17-14)16-12-7-6-10(3)8-11(12)15/h6-8H,4-5,9H2,1-3H3,(H,16,17). The van der Waals surface area contributed by atoms with Crippen molar-refractivity contribution in [3.63, 3.8) is 0 Å². The van der Waals surface area contributed by atoms with Crippen molar-refractivity contribution in [3.05, 3.63) is 28.8 Å². The van der Waals surface area contributed by atoms with Crippen LogP contribution in [0.4, 0.5) is 5.69 Å². The van der Waals surface area contributed by atoms with Crippen LogP contribution in [0, 0.1) is 6.92 Å². The Morgan fingerprint density at radius 3 is 2.67 bits per heavy atom. The molecule has 0 bridgehead atoms. The number of halogens is 1. The van der Waals surface area contributed by atoms with E-state index in [1.54, 1.807) is 11.8 Å². The number of hydrogen-bond donors (Lipinski definition) is 1. The van der Waals surface area contributed by atoms with Gasteiger partial charge in [0.25, 0.3) is 0 Å². The first-order valence-corrected chi connectivity index (χ1v) is 7.71. The lowest BCUT2D eigenvalue weighted by Gasteiger charge is -2.20. The molecule has 0 atom stereocenters. The predicted molar refractivity (Wildman–Crippen MR) is 83.0 cm³/mol. The normalized spacial score (nSPS) is 17.7. The lowest BCUT2D eigenvalue weighted by molar-refractivity contribution is 0.456. The van der Waals surface area contributed by atoms with E-state index in [0.717, 1.165) is 34.5 Å². The van der Waals surface area contributed by atoms with Crippen molar-refractivity contribution in [2.75, 3.05) is 11.1 Å². The zero-order valence-corrected chi connectivity index (χ0v) is 12.7. The maximum absolute atomic E-state index is 6.22. The highest BCUT2D eigenvalue weighted by Gasteiger charge is 2.32. The molecule has 98 valence electrons. The highest BCUT2D eigenvalue weighted by Crippen LogP contribution is 2.34. The van der Waals surface area contributed by atoms with E-state index < -0.39 is 0 Å².